The van der Waals surface area contributed by atoms with Gasteiger partial charge in [0.05, 0.1) is 24.1 Å². The zero-order valence-corrected chi connectivity index (χ0v) is 23.4. The lowest BCUT2D eigenvalue weighted by Crippen LogP contribution is -2.10. The average molecular weight is 536 g/mol. The van der Waals surface area contributed by atoms with E-state index in [1.807, 2.05) is 44.4 Å². The molecule has 6 rings (SSSR count). The summed E-state index contributed by atoms with van der Waals surface area (Å²) in [4.78, 5) is 25.2. The second-order valence-corrected chi connectivity index (χ2v) is 11.1. The van der Waals surface area contributed by atoms with Crippen molar-refractivity contribution in [3.8, 4) is 28.0 Å². The summed E-state index contributed by atoms with van der Waals surface area (Å²) in [7, 11) is 0. The van der Waals surface area contributed by atoms with Gasteiger partial charge in [-0.05, 0) is 97.5 Å². The van der Waals surface area contributed by atoms with Gasteiger partial charge >= 0.3 is 5.97 Å². The first-order valence-electron chi connectivity index (χ1n) is 13.3. The van der Waals surface area contributed by atoms with Crippen LogP contribution in [0.15, 0.2) is 61.2 Å². The lowest BCUT2D eigenvalue weighted by Gasteiger charge is -2.22. The first-order valence-corrected chi connectivity index (χ1v) is 13.3. The zero-order chi connectivity index (χ0) is 28.6. The van der Waals surface area contributed by atoms with E-state index in [1.165, 1.54) is 5.56 Å². The quantitative estimate of drug-likeness (QED) is 0.272. The molecule has 0 radical (unpaired) electrons. The lowest BCUT2D eigenvalue weighted by molar-refractivity contribution is -0.136. The summed E-state index contributed by atoms with van der Waals surface area (Å²) in [6.07, 6.45) is 5.97. The highest BCUT2D eigenvalue weighted by molar-refractivity contribution is 6.09. The van der Waals surface area contributed by atoms with Crippen LogP contribution in [0.5, 0.6) is 5.75 Å². The Morgan fingerprint density at radius 2 is 1.80 bits per heavy atom. The minimum atomic E-state index is -0.860. The van der Waals surface area contributed by atoms with Crippen LogP contribution in [0.3, 0.4) is 0 Å². The molecule has 0 aliphatic carbocycles. The topological polar surface area (TPSA) is 105 Å². The van der Waals surface area contributed by atoms with E-state index < -0.39 is 11.6 Å². The highest BCUT2D eigenvalue weighted by Gasteiger charge is 2.22. The molecule has 3 aromatic carbocycles. The van der Waals surface area contributed by atoms with Crippen LogP contribution in [0.1, 0.15) is 43.2 Å². The fourth-order valence-electron chi connectivity index (χ4n) is 5.22. The maximum atomic E-state index is 11.9. The summed E-state index contributed by atoms with van der Waals surface area (Å²) >= 11 is 0. The van der Waals surface area contributed by atoms with Crippen LogP contribution in [0.4, 0.5) is 0 Å². The molecule has 1 aliphatic heterocycles. The number of hydrogen-bond acceptors (Lipinski definition) is 6. The van der Waals surface area contributed by atoms with Gasteiger partial charge in [-0.1, -0.05) is 18.2 Å². The molecule has 2 aromatic heterocycles. The number of benzene rings is 3. The third kappa shape index (κ3) is 5.51. The molecule has 0 saturated carbocycles. The number of aliphatic hydroxyl groups is 1. The molecule has 0 amide bonds. The number of carboxylic acids is 1. The normalized spacial score (nSPS) is 12.6. The van der Waals surface area contributed by atoms with Gasteiger partial charge in [-0.25, -0.2) is 9.97 Å². The van der Waals surface area contributed by atoms with E-state index in [0.29, 0.717) is 6.61 Å². The van der Waals surface area contributed by atoms with Crippen LogP contribution in [-0.2, 0) is 17.6 Å². The molecule has 0 fully saturated rings. The minimum absolute atomic E-state index is 0.0655. The van der Waals surface area contributed by atoms with Crippen LogP contribution < -0.4 is 4.74 Å². The Bertz CT molecular complexity index is 1740. The van der Waals surface area contributed by atoms with E-state index in [-0.39, 0.29) is 6.42 Å². The van der Waals surface area contributed by atoms with Crippen molar-refractivity contribution in [2.75, 3.05) is 6.61 Å². The summed E-state index contributed by atoms with van der Waals surface area (Å²) < 4.78 is 5.92. The largest absolute Gasteiger partial charge is 0.493 e. The van der Waals surface area contributed by atoms with Crippen LogP contribution in [0.25, 0.3) is 43.9 Å². The Balaban J connectivity index is 0.000000595. The third-order valence-corrected chi connectivity index (χ3v) is 6.86. The van der Waals surface area contributed by atoms with Crippen molar-refractivity contribution in [1.29, 1.82) is 0 Å². The summed E-state index contributed by atoms with van der Waals surface area (Å²) in [5.41, 5.74) is 8.03. The summed E-state index contributed by atoms with van der Waals surface area (Å²) in [5, 5.41) is 21.3. The number of aliphatic carboxylic acids is 1. The van der Waals surface area contributed by atoms with E-state index in [0.717, 1.165) is 72.9 Å². The van der Waals surface area contributed by atoms with Crippen molar-refractivity contribution < 1.29 is 19.7 Å². The van der Waals surface area contributed by atoms with Crippen LogP contribution >= 0.6 is 0 Å². The molecule has 204 valence electrons. The van der Waals surface area contributed by atoms with E-state index in [4.69, 9.17) is 14.8 Å². The van der Waals surface area contributed by atoms with Gasteiger partial charge in [-0.3, -0.25) is 9.78 Å². The number of aromatic nitrogens is 3. The second kappa shape index (κ2) is 10.7. The van der Waals surface area contributed by atoms with Crippen molar-refractivity contribution in [2.24, 2.45) is 0 Å². The lowest BCUT2D eigenvalue weighted by atomic mass is 9.86. The number of ether oxygens (including phenoxy) is 1. The van der Waals surface area contributed by atoms with Crippen LogP contribution in [-0.4, -0.2) is 43.3 Å². The molecule has 3 heterocycles. The molecule has 7 heteroatoms. The van der Waals surface area contributed by atoms with E-state index in [2.05, 4.69) is 34.2 Å². The number of aryl methyl sites for hydroxylation is 2. The predicted octanol–water partition coefficient (Wildman–Crippen LogP) is 6.47. The Kier molecular flexibility index (Phi) is 7.25. The smallest absolute Gasteiger partial charge is 0.307 e. The van der Waals surface area contributed by atoms with Crippen molar-refractivity contribution in [3.63, 3.8) is 0 Å². The van der Waals surface area contributed by atoms with E-state index in [9.17, 15) is 9.90 Å². The van der Waals surface area contributed by atoms with Gasteiger partial charge in [-0.2, -0.15) is 0 Å². The Hall–Kier alpha value is -4.36. The minimum Gasteiger partial charge on any atom is -0.493 e. The standard InChI is InChI=1S/C29H23N3O3.C4H10O/c1-16-11-20-12-19(24-14-30-15-32-17(24)2)3-4-21(20)28(23(16)13-26(33)34)22-5-6-25-27-18(8-10-35-25)7-9-31-29(22)27;1-4(2,3)5/h3-7,9,11-12,14-15H,8,10,13H2,1-2H3,(H,33,34);5H,1-3H3. The van der Waals surface area contributed by atoms with Crippen LogP contribution in [0.2, 0.25) is 0 Å². The van der Waals surface area contributed by atoms with Gasteiger partial charge in [0.15, 0.2) is 0 Å². The molecule has 0 bridgehead atoms. The van der Waals surface area contributed by atoms with Crippen LogP contribution in [0, 0.1) is 13.8 Å². The molecule has 7 nitrogen and oxygen atoms in total. The number of carboxylic acid groups (broad SMARTS) is 1. The van der Waals surface area contributed by atoms with Gasteiger partial charge in [0.1, 0.15) is 12.1 Å². The van der Waals surface area contributed by atoms with Crippen molar-refractivity contribution in [2.45, 2.75) is 53.1 Å². The summed E-state index contributed by atoms with van der Waals surface area (Å²) in [6, 6.07) is 14.4. The molecule has 0 spiro atoms. The average Bonchev–Trinajstić information content (AvgIpc) is 2.89. The summed E-state index contributed by atoms with van der Waals surface area (Å²) in [6.45, 7) is 9.82. The first-order chi connectivity index (χ1) is 19.0. The molecule has 40 heavy (non-hydrogen) atoms. The van der Waals surface area contributed by atoms with Crippen molar-refractivity contribution >= 4 is 27.6 Å². The molecule has 0 atom stereocenters. The highest BCUT2D eigenvalue weighted by atomic mass is 16.5. The van der Waals surface area contributed by atoms with Crippen molar-refractivity contribution in [1.82, 2.24) is 15.0 Å². The monoisotopic (exact) mass is 535 g/mol. The van der Waals surface area contributed by atoms with Gasteiger partial charge in [0.2, 0.25) is 0 Å². The molecule has 0 saturated heterocycles. The molecule has 1 aliphatic rings. The number of hydrogen-bond donors (Lipinski definition) is 2. The maximum Gasteiger partial charge on any atom is 0.307 e. The zero-order valence-electron chi connectivity index (χ0n) is 23.4. The second-order valence-electron chi connectivity index (χ2n) is 11.1. The molecule has 5 aromatic rings. The fraction of sp³-hybridized carbons (Fsp3) is 0.273. The highest BCUT2D eigenvalue weighted by Crippen LogP contribution is 2.43. The number of nitrogens with zero attached hydrogens (tertiary/aromatic N) is 3. The van der Waals surface area contributed by atoms with Gasteiger partial charge < -0.3 is 14.9 Å². The number of rotatable bonds is 4. The molecular weight excluding hydrogens is 502 g/mol. The number of fused-ring (bicyclic) bond motifs is 1. The molecule has 0 unspecified atom stereocenters. The van der Waals surface area contributed by atoms with E-state index in [1.54, 1.807) is 27.1 Å². The number of pyridine rings is 1. The summed E-state index contributed by atoms with van der Waals surface area (Å²) in [5.74, 6) is -0.0296. The van der Waals surface area contributed by atoms with E-state index >= 15 is 0 Å². The van der Waals surface area contributed by atoms with Crippen molar-refractivity contribution in [3.05, 3.63) is 83.6 Å². The molecule has 2 N–H and O–H groups in total. The van der Waals surface area contributed by atoms with Gasteiger partial charge in [-0.15, -0.1) is 0 Å². The fourth-order valence-corrected chi connectivity index (χ4v) is 5.22. The first kappa shape index (κ1) is 27.2. The SMILES string of the molecule is CC(C)(C)O.Cc1cc2cc(-c3cncnc3C)ccc2c(-c2ccc3c4c(ccnc24)CCO3)c1CC(=O)O. The third-order valence-electron chi connectivity index (χ3n) is 6.86. The Morgan fingerprint density at radius 3 is 2.52 bits per heavy atom. The number of carbonyl (C=O) groups is 1. The molecular formula is C33H33N3O4. The van der Waals surface area contributed by atoms with Gasteiger partial charge in [0, 0.05) is 41.0 Å². The Labute approximate surface area is 233 Å². The Morgan fingerprint density at radius 1 is 1.02 bits per heavy atom. The van der Waals surface area contributed by atoms with Gasteiger partial charge in [0.25, 0.3) is 0 Å². The maximum absolute atomic E-state index is 11.9. The predicted molar refractivity (Wildman–Crippen MR) is 158 cm³/mol.